The molecule has 1 aliphatic rings. The molecular formula is C21H36IN5O2. The van der Waals surface area contributed by atoms with E-state index in [4.69, 9.17) is 4.74 Å². The average Bonchev–Trinajstić information content (AvgIpc) is 3.16. The Morgan fingerprint density at radius 2 is 2.03 bits per heavy atom. The molecule has 1 fully saturated rings. The van der Waals surface area contributed by atoms with Crippen LogP contribution in [0.1, 0.15) is 24.8 Å². The van der Waals surface area contributed by atoms with Gasteiger partial charge in [0.25, 0.3) is 0 Å². The summed E-state index contributed by atoms with van der Waals surface area (Å²) in [7, 11) is 9.18. The van der Waals surface area contributed by atoms with Gasteiger partial charge in [0.1, 0.15) is 5.75 Å². The molecule has 1 unspecified atom stereocenters. The zero-order chi connectivity index (χ0) is 20.5. The molecule has 1 aliphatic heterocycles. The highest BCUT2D eigenvalue weighted by Crippen LogP contribution is 2.19. The highest BCUT2D eigenvalue weighted by Gasteiger charge is 2.30. The van der Waals surface area contributed by atoms with E-state index in [0.717, 1.165) is 62.7 Å². The minimum absolute atomic E-state index is 0. The summed E-state index contributed by atoms with van der Waals surface area (Å²) in [6.07, 6.45) is 3.04. The maximum Gasteiger partial charge on any atom is 0.239 e. The van der Waals surface area contributed by atoms with Crippen molar-refractivity contribution in [1.82, 2.24) is 20.0 Å². The smallest absolute Gasteiger partial charge is 0.239 e. The van der Waals surface area contributed by atoms with Crippen molar-refractivity contribution in [2.75, 3.05) is 54.9 Å². The first-order chi connectivity index (χ1) is 13.5. The van der Waals surface area contributed by atoms with E-state index < -0.39 is 0 Å². The van der Waals surface area contributed by atoms with Crippen LogP contribution in [0.15, 0.2) is 29.3 Å². The lowest BCUT2D eigenvalue weighted by molar-refractivity contribution is -0.133. The number of amides is 1. The third-order valence-electron chi connectivity index (χ3n) is 5.17. The minimum Gasteiger partial charge on any atom is -0.496 e. The van der Waals surface area contributed by atoms with E-state index in [9.17, 15) is 4.79 Å². The topological polar surface area (TPSA) is 60.4 Å². The zero-order valence-electron chi connectivity index (χ0n) is 18.4. The molecule has 0 aliphatic carbocycles. The molecule has 29 heavy (non-hydrogen) atoms. The average molecular weight is 517 g/mol. The number of carbonyl (C=O) groups is 1. The van der Waals surface area contributed by atoms with Gasteiger partial charge in [-0.2, -0.15) is 0 Å². The first-order valence-electron chi connectivity index (χ1n) is 9.96. The summed E-state index contributed by atoms with van der Waals surface area (Å²) < 4.78 is 5.44. The summed E-state index contributed by atoms with van der Waals surface area (Å²) in [5.74, 6) is 1.96. The van der Waals surface area contributed by atoms with Crippen LogP contribution in [0.3, 0.4) is 0 Å². The Kier molecular flexibility index (Phi) is 11.3. The fraction of sp³-hybridized carbons (Fsp3) is 0.619. The van der Waals surface area contributed by atoms with Crippen molar-refractivity contribution in [3.8, 4) is 5.75 Å². The summed E-state index contributed by atoms with van der Waals surface area (Å²) in [6, 6.07) is 8.08. The van der Waals surface area contributed by atoms with E-state index >= 15 is 0 Å². The molecule has 164 valence electrons. The largest absolute Gasteiger partial charge is 0.496 e. The van der Waals surface area contributed by atoms with Crippen LogP contribution in [0.5, 0.6) is 5.75 Å². The number of hydrogen-bond donors (Lipinski definition) is 1. The number of nitrogens with zero attached hydrogens (tertiary/aromatic N) is 4. The molecule has 0 aromatic heterocycles. The highest BCUT2D eigenvalue weighted by atomic mass is 127. The Labute approximate surface area is 192 Å². The zero-order valence-corrected chi connectivity index (χ0v) is 20.7. The van der Waals surface area contributed by atoms with Crippen LogP contribution in [0, 0.1) is 0 Å². The quantitative estimate of drug-likeness (QED) is 0.248. The van der Waals surface area contributed by atoms with Crippen molar-refractivity contribution in [1.29, 1.82) is 0 Å². The lowest BCUT2D eigenvalue weighted by atomic mass is 10.2. The van der Waals surface area contributed by atoms with Crippen LogP contribution in [-0.4, -0.2) is 87.5 Å². The van der Waals surface area contributed by atoms with E-state index in [-0.39, 0.29) is 35.9 Å². The number of carbonyl (C=O) groups excluding carboxylic acids is 1. The Morgan fingerprint density at radius 3 is 2.69 bits per heavy atom. The maximum atomic E-state index is 12.3. The normalized spacial score (nSPS) is 16.9. The molecular weight excluding hydrogens is 481 g/mol. The van der Waals surface area contributed by atoms with Crippen LogP contribution in [0.4, 0.5) is 0 Å². The molecule has 0 bridgehead atoms. The summed E-state index contributed by atoms with van der Waals surface area (Å²) in [6.45, 7) is 3.47. The predicted octanol–water partition coefficient (Wildman–Crippen LogP) is 2.26. The van der Waals surface area contributed by atoms with Gasteiger partial charge in [-0.15, -0.1) is 24.0 Å². The van der Waals surface area contributed by atoms with Crippen molar-refractivity contribution in [2.45, 2.75) is 31.8 Å². The molecule has 1 amide bonds. The number of para-hydroxylation sites is 1. The molecule has 1 aromatic rings. The van der Waals surface area contributed by atoms with Gasteiger partial charge in [0, 0.05) is 53.4 Å². The molecule has 7 nitrogen and oxygen atoms in total. The number of guanidine groups is 1. The van der Waals surface area contributed by atoms with Gasteiger partial charge < -0.3 is 19.9 Å². The maximum absolute atomic E-state index is 12.3. The molecule has 1 aromatic carbocycles. The van der Waals surface area contributed by atoms with E-state index in [0.29, 0.717) is 0 Å². The molecule has 8 heteroatoms. The second kappa shape index (κ2) is 12.9. The summed E-state index contributed by atoms with van der Waals surface area (Å²) in [5.41, 5.74) is 1.12. The summed E-state index contributed by atoms with van der Waals surface area (Å²) in [4.78, 5) is 22.8. The van der Waals surface area contributed by atoms with Crippen LogP contribution in [0.2, 0.25) is 0 Å². The van der Waals surface area contributed by atoms with Crippen molar-refractivity contribution in [2.24, 2.45) is 4.99 Å². The molecule has 0 saturated carbocycles. The van der Waals surface area contributed by atoms with Crippen molar-refractivity contribution in [3.63, 3.8) is 0 Å². The van der Waals surface area contributed by atoms with Crippen molar-refractivity contribution >= 4 is 35.8 Å². The number of likely N-dealkylation sites (N-methyl/N-ethyl adjacent to an activating group) is 1. The van der Waals surface area contributed by atoms with Gasteiger partial charge in [-0.1, -0.05) is 18.2 Å². The third kappa shape index (κ3) is 7.33. The predicted molar refractivity (Wildman–Crippen MR) is 129 cm³/mol. The van der Waals surface area contributed by atoms with Crippen LogP contribution in [-0.2, 0) is 11.3 Å². The second-order valence-corrected chi connectivity index (χ2v) is 7.42. The first kappa shape index (κ1) is 25.5. The minimum atomic E-state index is 0. The van der Waals surface area contributed by atoms with Gasteiger partial charge >= 0.3 is 0 Å². The number of methoxy groups -OCH3 is 1. The fourth-order valence-electron chi connectivity index (χ4n) is 3.70. The van der Waals surface area contributed by atoms with Gasteiger partial charge in [-0.05, 0) is 31.9 Å². The number of halogens is 1. The molecule has 0 spiro atoms. The number of aliphatic imine (C=N–C) groups is 1. The molecule has 1 atom stereocenters. The SMILES string of the molecule is CN=C(NCCCN1CCCC1C(=O)N(C)C)N(C)Cc1ccccc1OC.I. The molecule has 1 saturated heterocycles. The standard InChI is InChI=1S/C21H35N5O2.HI/c1-22-21(25(4)16-17-10-6-7-12-19(17)28-5)23-13-9-15-26-14-8-11-18(26)20(27)24(2)3;/h6-7,10,12,18H,8-9,11,13-16H2,1-5H3,(H,22,23);1H. The van der Waals surface area contributed by atoms with Crippen LogP contribution in [0.25, 0.3) is 0 Å². The number of ether oxygens (including phenoxy) is 1. The lowest BCUT2D eigenvalue weighted by Crippen LogP contribution is -2.44. The number of nitrogens with one attached hydrogen (secondary N) is 1. The Bertz CT molecular complexity index is 668. The fourth-order valence-corrected chi connectivity index (χ4v) is 3.70. The number of hydrogen-bond acceptors (Lipinski definition) is 4. The van der Waals surface area contributed by atoms with Crippen molar-refractivity contribution < 1.29 is 9.53 Å². The van der Waals surface area contributed by atoms with Gasteiger partial charge in [-0.25, -0.2) is 0 Å². The Morgan fingerprint density at radius 1 is 1.31 bits per heavy atom. The van der Waals surface area contributed by atoms with Gasteiger partial charge in [0.2, 0.25) is 5.91 Å². The molecule has 1 N–H and O–H groups in total. The number of rotatable bonds is 8. The number of likely N-dealkylation sites (tertiary alicyclic amines) is 1. The summed E-state index contributed by atoms with van der Waals surface area (Å²) >= 11 is 0. The van der Waals surface area contributed by atoms with E-state index in [1.165, 1.54) is 0 Å². The second-order valence-electron chi connectivity index (χ2n) is 7.42. The van der Waals surface area contributed by atoms with E-state index in [2.05, 4.69) is 26.2 Å². The number of benzene rings is 1. The van der Waals surface area contributed by atoms with Crippen LogP contribution < -0.4 is 10.1 Å². The molecule has 1 heterocycles. The highest BCUT2D eigenvalue weighted by molar-refractivity contribution is 14.0. The van der Waals surface area contributed by atoms with Gasteiger partial charge in [0.15, 0.2) is 5.96 Å². The molecule has 0 radical (unpaired) electrons. The first-order valence-corrected chi connectivity index (χ1v) is 9.96. The van der Waals surface area contributed by atoms with Gasteiger partial charge in [-0.3, -0.25) is 14.7 Å². The molecule has 2 rings (SSSR count). The monoisotopic (exact) mass is 517 g/mol. The van der Waals surface area contributed by atoms with E-state index in [1.54, 1.807) is 19.1 Å². The Hall–Kier alpha value is -1.55. The summed E-state index contributed by atoms with van der Waals surface area (Å²) in [5, 5.41) is 3.43. The van der Waals surface area contributed by atoms with Crippen LogP contribution >= 0.6 is 24.0 Å². The van der Waals surface area contributed by atoms with E-state index in [1.807, 2.05) is 39.3 Å². The Balaban J connectivity index is 0.00000420. The van der Waals surface area contributed by atoms with Gasteiger partial charge in [0.05, 0.1) is 13.2 Å². The van der Waals surface area contributed by atoms with Crippen molar-refractivity contribution in [3.05, 3.63) is 29.8 Å². The third-order valence-corrected chi connectivity index (χ3v) is 5.17. The lowest BCUT2D eigenvalue weighted by Gasteiger charge is -2.26.